The van der Waals surface area contributed by atoms with Gasteiger partial charge in [0.2, 0.25) is 0 Å². The standard InChI is InChI=1S/C23H34N4O3S.HI/c1-5-24-23(25-14-13-19-9-11-22(12-10-19)31(4,28)29)26-18-20-7-6-8-21(17-20)30-16-15-27(2)3;/h6-12,17H,5,13-16,18H2,1-4H3,(H2,24,25,26);1H. The van der Waals surface area contributed by atoms with E-state index in [9.17, 15) is 8.42 Å². The van der Waals surface area contributed by atoms with Crippen molar-refractivity contribution in [2.75, 3.05) is 46.6 Å². The van der Waals surface area contributed by atoms with Gasteiger partial charge in [0.05, 0.1) is 11.4 Å². The number of nitrogens with one attached hydrogen (secondary N) is 2. The first-order valence-electron chi connectivity index (χ1n) is 10.5. The molecule has 32 heavy (non-hydrogen) atoms. The van der Waals surface area contributed by atoms with Gasteiger partial charge in [-0.3, -0.25) is 0 Å². The Labute approximate surface area is 209 Å². The molecule has 0 saturated heterocycles. The maximum absolute atomic E-state index is 11.6. The molecule has 0 aliphatic carbocycles. The van der Waals surface area contributed by atoms with Crippen molar-refractivity contribution in [3.8, 4) is 5.75 Å². The molecule has 0 fully saturated rings. The zero-order valence-electron chi connectivity index (χ0n) is 19.3. The molecule has 0 radical (unpaired) electrons. The summed E-state index contributed by atoms with van der Waals surface area (Å²) in [7, 11) is 0.882. The van der Waals surface area contributed by atoms with Crippen LogP contribution < -0.4 is 15.4 Å². The molecule has 178 valence electrons. The molecule has 0 atom stereocenters. The molecule has 2 N–H and O–H groups in total. The quantitative estimate of drug-likeness (QED) is 0.244. The molecule has 2 aromatic rings. The van der Waals surface area contributed by atoms with E-state index in [1.807, 2.05) is 57.4 Å². The lowest BCUT2D eigenvalue weighted by Crippen LogP contribution is -2.38. The fourth-order valence-corrected chi connectivity index (χ4v) is 3.45. The molecule has 7 nitrogen and oxygen atoms in total. The summed E-state index contributed by atoms with van der Waals surface area (Å²) >= 11 is 0. The van der Waals surface area contributed by atoms with Crippen molar-refractivity contribution in [3.63, 3.8) is 0 Å². The molecule has 0 heterocycles. The van der Waals surface area contributed by atoms with Crippen molar-refractivity contribution in [2.45, 2.75) is 24.8 Å². The van der Waals surface area contributed by atoms with Gasteiger partial charge >= 0.3 is 0 Å². The Morgan fingerprint density at radius 2 is 1.78 bits per heavy atom. The molecular formula is C23H35IN4O3S. The number of benzene rings is 2. The Kier molecular flexibility index (Phi) is 12.6. The fourth-order valence-electron chi connectivity index (χ4n) is 2.82. The number of hydrogen-bond donors (Lipinski definition) is 2. The van der Waals surface area contributed by atoms with Crippen LogP contribution in [0.1, 0.15) is 18.1 Å². The summed E-state index contributed by atoms with van der Waals surface area (Å²) in [5.74, 6) is 1.60. The first-order chi connectivity index (χ1) is 14.8. The van der Waals surface area contributed by atoms with E-state index in [1.165, 1.54) is 6.26 Å². The molecule has 0 aliphatic heterocycles. The smallest absolute Gasteiger partial charge is 0.191 e. The van der Waals surface area contributed by atoms with Crippen molar-refractivity contribution in [2.24, 2.45) is 4.99 Å². The minimum Gasteiger partial charge on any atom is -0.492 e. The third-order valence-corrected chi connectivity index (χ3v) is 5.66. The molecule has 9 heteroatoms. The van der Waals surface area contributed by atoms with Gasteiger partial charge < -0.3 is 20.3 Å². The second-order valence-corrected chi connectivity index (χ2v) is 9.60. The van der Waals surface area contributed by atoms with Crippen LogP contribution in [0.2, 0.25) is 0 Å². The second kappa shape index (κ2) is 14.3. The molecule has 0 spiro atoms. The number of aliphatic imine (C=N–C) groups is 1. The number of sulfone groups is 1. The van der Waals surface area contributed by atoms with Gasteiger partial charge in [-0.2, -0.15) is 0 Å². The highest BCUT2D eigenvalue weighted by atomic mass is 127. The van der Waals surface area contributed by atoms with Gasteiger partial charge in [0.15, 0.2) is 15.8 Å². The van der Waals surface area contributed by atoms with Gasteiger partial charge in [-0.05, 0) is 62.8 Å². The Balaban J connectivity index is 0.00000512. The number of nitrogens with zero attached hydrogens (tertiary/aromatic N) is 2. The van der Waals surface area contributed by atoms with Crippen LogP contribution in [0, 0.1) is 0 Å². The lowest BCUT2D eigenvalue weighted by atomic mass is 10.1. The highest BCUT2D eigenvalue weighted by Crippen LogP contribution is 2.14. The van der Waals surface area contributed by atoms with Crippen LogP contribution in [0.3, 0.4) is 0 Å². The van der Waals surface area contributed by atoms with E-state index in [2.05, 4.69) is 20.5 Å². The molecule has 0 amide bonds. The van der Waals surface area contributed by atoms with Crippen LogP contribution in [-0.4, -0.2) is 65.9 Å². The predicted molar refractivity (Wildman–Crippen MR) is 142 cm³/mol. The predicted octanol–water partition coefficient (Wildman–Crippen LogP) is 2.95. The highest BCUT2D eigenvalue weighted by molar-refractivity contribution is 14.0. The number of guanidine groups is 1. The van der Waals surface area contributed by atoms with Crippen LogP contribution in [0.15, 0.2) is 58.4 Å². The zero-order chi connectivity index (χ0) is 22.7. The molecule has 0 bridgehead atoms. The topological polar surface area (TPSA) is 83.0 Å². The zero-order valence-corrected chi connectivity index (χ0v) is 22.4. The van der Waals surface area contributed by atoms with Crippen molar-refractivity contribution in [1.29, 1.82) is 0 Å². The van der Waals surface area contributed by atoms with Crippen LogP contribution in [0.25, 0.3) is 0 Å². The number of likely N-dealkylation sites (N-methyl/N-ethyl adjacent to an activating group) is 1. The summed E-state index contributed by atoms with van der Waals surface area (Å²) in [6.07, 6.45) is 1.98. The van der Waals surface area contributed by atoms with E-state index >= 15 is 0 Å². The maximum Gasteiger partial charge on any atom is 0.191 e. The lowest BCUT2D eigenvalue weighted by molar-refractivity contribution is 0.261. The van der Waals surface area contributed by atoms with Gasteiger partial charge in [0.25, 0.3) is 0 Å². The molecule has 2 rings (SSSR count). The Bertz CT molecular complexity index is 948. The third-order valence-electron chi connectivity index (χ3n) is 4.53. The molecule has 0 aliphatic rings. The summed E-state index contributed by atoms with van der Waals surface area (Å²) < 4.78 is 28.9. The first kappa shape index (κ1) is 28.2. The number of hydrogen-bond acceptors (Lipinski definition) is 5. The normalized spacial score (nSPS) is 11.7. The number of ether oxygens (including phenoxy) is 1. The van der Waals surface area contributed by atoms with Crippen LogP contribution in [0.4, 0.5) is 0 Å². The Hall–Kier alpha value is -1.85. The molecule has 0 unspecified atom stereocenters. The van der Waals surface area contributed by atoms with Crippen LogP contribution in [-0.2, 0) is 22.8 Å². The average molecular weight is 575 g/mol. The van der Waals surface area contributed by atoms with E-state index < -0.39 is 9.84 Å². The van der Waals surface area contributed by atoms with Gasteiger partial charge in [0.1, 0.15) is 12.4 Å². The molecular weight excluding hydrogens is 539 g/mol. The summed E-state index contributed by atoms with van der Waals surface area (Å²) in [5.41, 5.74) is 2.15. The van der Waals surface area contributed by atoms with E-state index in [1.54, 1.807) is 12.1 Å². The minimum absolute atomic E-state index is 0. The maximum atomic E-state index is 11.6. The third kappa shape index (κ3) is 10.6. The summed E-state index contributed by atoms with van der Waals surface area (Å²) in [5, 5.41) is 6.58. The number of halogens is 1. The first-order valence-corrected chi connectivity index (χ1v) is 12.3. The van der Waals surface area contributed by atoms with E-state index in [-0.39, 0.29) is 24.0 Å². The highest BCUT2D eigenvalue weighted by Gasteiger charge is 2.06. The lowest BCUT2D eigenvalue weighted by Gasteiger charge is -2.13. The van der Waals surface area contributed by atoms with Crippen LogP contribution in [0.5, 0.6) is 5.75 Å². The van der Waals surface area contributed by atoms with Gasteiger partial charge in [-0.15, -0.1) is 24.0 Å². The van der Waals surface area contributed by atoms with Crippen molar-refractivity contribution >= 4 is 39.8 Å². The van der Waals surface area contributed by atoms with E-state index in [4.69, 9.17) is 4.74 Å². The van der Waals surface area contributed by atoms with Gasteiger partial charge in [-0.1, -0.05) is 24.3 Å². The van der Waals surface area contributed by atoms with Gasteiger partial charge in [0, 0.05) is 25.9 Å². The fraction of sp³-hybridized carbons (Fsp3) is 0.435. The average Bonchev–Trinajstić information content (AvgIpc) is 2.72. The minimum atomic E-state index is -3.16. The van der Waals surface area contributed by atoms with Gasteiger partial charge in [-0.25, -0.2) is 13.4 Å². The van der Waals surface area contributed by atoms with Crippen molar-refractivity contribution in [3.05, 3.63) is 59.7 Å². The van der Waals surface area contributed by atoms with Crippen LogP contribution >= 0.6 is 24.0 Å². The monoisotopic (exact) mass is 574 g/mol. The van der Waals surface area contributed by atoms with Crippen molar-refractivity contribution in [1.82, 2.24) is 15.5 Å². The summed E-state index contributed by atoms with van der Waals surface area (Å²) in [4.78, 5) is 7.09. The summed E-state index contributed by atoms with van der Waals surface area (Å²) in [6.45, 7) is 5.55. The SMILES string of the molecule is CCNC(=NCc1cccc(OCCN(C)C)c1)NCCc1ccc(S(C)(=O)=O)cc1.I. The largest absolute Gasteiger partial charge is 0.492 e. The van der Waals surface area contributed by atoms with Crippen molar-refractivity contribution < 1.29 is 13.2 Å². The Morgan fingerprint density at radius 3 is 2.41 bits per heavy atom. The molecule has 2 aromatic carbocycles. The Morgan fingerprint density at radius 1 is 1.06 bits per heavy atom. The molecule has 0 saturated carbocycles. The molecule has 0 aromatic heterocycles. The van der Waals surface area contributed by atoms with E-state index in [0.29, 0.717) is 24.6 Å². The van der Waals surface area contributed by atoms with E-state index in [0.717, 1.165) is 42.3 Å². The second-order valence-electron chi connectivity index (χ2n) is 7.59. The summed E-state index contributed by atoms with van der Waals surface area (Å²) in [6, 6.07) is 15.0. The number of rotatable bonds is 11.